The lowest BCUT2D eigenvalue weighted by molar-refractivity contribution is -0.136. The average Bonchev–Trinajstić information content (AvgIpc) is 1.95. The van der Waals surface area contributed by atoms with Gasteiger partial charge in [-0.05, 0) is 0 Å². The Morgan fingerprint density at radius 2 is 1.85 bits per heavy atom. The summed E-state index contributed by atoms with van der Waals surface area (Å²) in [5.74, 6) is 0. The Labute approximate surface area is 73.7 Å². The SMILES string of the molecule is NCCN(CCC(F)(F)F)C(N)=O. The summed E-state index contributed by atoms with van der Waals surface area (Å²) in [5.41, 5.74) is 9.89. The summed E-state index contributed by atoms with van der Waals surface area (Å²) in [7, 11) is 0. The lowest BCUT2D eigenvalue weighted by Crippen LogP contribution is -2.41. The highest BCUT2D eigenvalue weighted by Crippen LogP contribution is 2.19. The molecule has 0 aromatic carbocycles. The van der Waals surface area contributed by atoms with Gasteiger partial charge in [0, 0.05) is 19.6 Å². The highest BCUT2D eigenvalue weighted by atomic mass is 19.4. The summed E-state index contributed by atoms with van der Waals surface area (Å²) >= 11 is 0. The van der Waals surface area contributed by atoms with E-state index in [1.807, 2.05) is 0 Å². The zero-order valence-corrected chi connectivity index (χ0v) is 6.97. The van der Waals surface area contributed by atoms with Crippen LogP contribution in [0.3, 0.4) is 0 Å². The van der Waals surface area contributed by atoms with Gasteiger partial charge in [0.1, 0.15) is 0 Å². The molecule has 0 radical (unpaired) electrons. The number of halogens is 3. The first-order valence-electron chi connectivity index (χ1n) is 3.68. The van der Waals surface area contributed by atoms with E-state index >= 15 is 0 Å². The molecule has 4 N–H and O–H groups in total. The number of carbonyl (C=O) groups is 1. The molecular formula is C6H12F3N3O. The fourth-order valence-electron chi connectivity index (χ4n) is 0.750. The van der Waals surface area contributed by atoms with E-state index in [9.17, 15) is 18.0 Å². The normalized spacial score (nSPS) is 11.4. The predicted molar refractivity (Wildman–Crippen MR) is 40.9 cm³/mol. The third kappa shape index (κ3) is 6.21. The van der Waals surface area contributed by atoms with E-state index in [0.717, 1.165) is 4.90 Å². The van der Waals surface area contributed by atoms with Gasteiger partial charge in [0.2, 0.25) is 0 Å². The van der Waals surface area contributed by atoms with Crippen LogP contribution in [0.4, 0.5) is 18.0 Å². The first-order chi connectivity index (χ1) is 5.87. The molecule has 7 heteroatoms. The van der Waals surface area contributed by atoms with E-state index in [4.69, 9.17) is 11.5 Å². The molecule has 0 rings (SSSR count). The molecule has 0 unspecified atom stereocenters. The van der Waals surface area contributed by atoms with E-state index in [-0.39, 0.29) is 13.1 Å². The molecule has 0 saturated heterocycles. The van der Waals surface area contributed by atoms with Crippen molar-refractivity contribution in [2.24, 2.45) is 11.5 Å². The Balaban J connectivity index is 3.90. The Morgan fingerprint density at radius 1 is 1.31 bits per heavy atom. The molecule has 0 aliphatic heterocycles. The Bertz CT molecular complexity index is 171. The third-order valence-electron chi connectivity index (χ3n) is 1.38. The van der Waals surface area contributed by atoms with E-state index in [1.54, 1.807) is 0 Å². The molecule has 0 aliphatic rings. The topological polar surface area (TPSA) is 72.3 Å². The van der Waals surface area contributed by atoms with Crippen molar-refractivity contribution in [3.8, 4) is 0 Å². The number of hydrogen-bond donors (Lipinski definition) is 2. The minimum atomic E-state index is -4.28. The minimum absolute atomic E-state index is 0.0470. The molecule has 0 saturated carbocycles. The van der Waals surface area contributed by atoms with E-state index in [1.165, 1.54) is 0 Å². The van der Waals surface area contributed by atoms with Gasteiger partial charge in [-0.25, -0.2) is 4.79 Å². The van der Waals surface area contributed by atoms with Gasteiger partial charge in [-0.1, -0.05) is 0 Å². The van der Waals surface area contributed by atoms with Gasteiger partial charge in [0.05, 0.1) is 6.42 Å². The van der Waals surface area contributed by atoms with Gasteiger partial charge in [-0.3, -0.25) is 0 Å². The number of carbonyl (C=O) groups excluding carboxylic acids is 1. The van der Waals surface area contributed by atoms with Crippen molar-refractivity contribution >= 4 is 6.03 Å². The molecule has 4 nitrogen and oxygen atoms in total. The van der Waals surface area contributed by atoms with Crippen molar-refractivity contribution in [2.45, 2.75) is 12.6 Å². The second kappa shape index (κ2) is 4.90. The number of amides is 2. The van der Waals surface area contributed by atoms with Crippen LogP contribution in [0.15, 0.2) is 0 Å². The smallest absolute Gasteiger partial charge is 0.351 e. The summed E-state index contributed by atoms with van der Waals surface area (Å²) in [6, 6.07) is -0.880. The van der Waals surface area contributed by atoms with Gasteiger partial charge >= 0.3 is 12.2 Å². The Hall–Kier alpha value is -0.980. The lowest BCUT2D eigenvalue weighted by Gasteiger charge is -2.19. The summed E-state index contributed by atoms with van der Waals surface area (Å²) in [5, 5.41) is 0. The summed E-state index contributed by atoms with van der Waals surface area (Å²) in [6.45, 7) is -0.289. The Kier molecular flexibility index (Phi) is 4.53. The molecule has 0 aromatic heterocycles. The number of urea groups is 1. The molecule has 0 spiro atoms. The largest absolute Gasteiger partial charge is 0.390 e. The van der Waals surface area contributed by atoms with E-state index < -0.39 is 25.2 Å². The van der Waals surface area contributed by atoms with E-state index in [2.05, 4.69) is 0 Å². The van der Waals surface area contributed by atoms with Crippen LogP contribution < -0.4 is 11.5 Å². The number of rotatable bonds is 4. The van der Waals surface area contributed by atoms with Crippen LogP contribution in [0.1, 0.15) is 6.42 Å². The molecule has 78 valence electrons. The van der Waals surface area contributed by atoms with Crippen LogP contribution >= 0.6 is 0 Å². The predicted octanol–water partition coefficient (Wildman–Crippen LogP) is 0.278. The fourth-order valence-corrected chi connectivity index (χ4v) is 0.750. The molecular weight excluding hydrogens is 187 g/mol. The van der Waals surface area contributed by atoms with Crippen molar-refractivity contribution < 1.29 is 18.0 Å². The van der Waals surface area contributed by atoms with Crippen LogP contribution in [0, 0.1) is 0 Å². The minimum Gasteiger partial charge on any atom is -0.351 e. The molecule has 0 atom stereocenters. The second-order valence-electron chi connectivity index (χ2n) is 2.48. The van der Waals surface area contributed by atoms with Crippen LogP contribution in [0.5, 0.6) is 0 Å². The fraction of sp³-hybridized carbons (Fsp3) is 0.833. The van der Waals surface area contributed by atoms with Gasteiger partial charge in [-0.15, -0.1) is 0 Å². The van der Waals surface area contributed by atoms with Crippen LogP contribution in [0.25, 0.3) is 0 Å². The number of primary amides is 1. The molecule has 0 aromatic rings. The maximum Gasteiger partial charge on any atom is 0.390 e. The van der Waals surface area contributed by atoms with Crippen molar-refractivity contribution in [1.82, 2.24) is 4.90 Å². The van der Waals surface area contributed by atoms with Crippen LogP contribution in [-0.2, 0) is 0 Å². The summed E-state index contributed by atoms with van der Waals surface area (Å²) < 4.78 is 35.1. The molecule has 0 fully saturated rings. The van der Waals surface area contributed by atoms with Gasteiger partial charge in [-0.2, -0.15) is 13.2 Å². The molecule has 13 heavy (non-hydrogen) atoms. The maximum atomic E-state index is 11.7. The van der Waals surface area contributed by atoms with Gasteiger partial charge in [0.25, 0.3) is 0 Å². The van der Waals surface area contributed by atoms with Crippen LogP contribution in [0.2, 0.25) is 0 Å². The standard InChI is InChI=1S/C6H12F3N3O/c7-6(8,9)1-3-12(4-2-10)5(11)13/h1-4,10H2,(H2,11,13). The molecule has 0 aliphatic carbocycles. The number of nitrogens with zero attached hydrogens (tertiary/aromatic N) is 1. The first kappa shape index (κ1) is 12.0. The first-order valence-corrected chi connectivity index (χ1v) is 3.68. The molecule has 0 bridgehead atoms. The highest BCUT2D eigenvalue weighted by molar-refractivity contribution is 5.71. The van der Waals surface area contributed by atoms with Gasteiger partial charge in [0.15, 0.2) is 0 Å². The quantitative estimate of drug-likeness (QED) is 0.682. The summed E-state index contributed by atoms with van der Waals surface area (Å²) in [4.78, 5) is 11.4. The molecule has 2 amide bonds. The average molecular weight is 199 g/mol. The molecule has 0 heterocycles. The van der Waals surface area contributed by atoms with Gasteiger partial charge < -0.3 is 16.4 Å². The van der Waals surface area contributed by atoms with Crippen molar-refractivity contribution in [1.29, 1.82) is 0 Å². The number of nitrogens with two attached hydrogens (primary N) is 2. The van der Waals surface area contributed by atoms with Crippen molar-refractivity contribution in [3.63, 3.8) is 0 Å². The third-order valence-corrected chi connectivity index (χ3v) is 1.38. The summed E-state index contributed by atoms with van der Waals surface area (Å²) in [6.07, 6.45) is -5.34. The second-order valence-corrected chi connectivity index (χ2v) is 2.48. The maximum absolute atomic E-state index is 11.7. The highest BCUT2D eigenvalue weighted by Gasteiger charge is 2.28. The van der Waals surface area contributed by atoms with E-state index in [0.29, 0.717) is 0 Å². The zero-order chi connectivity index (χ0) is 10.5. The lowest BCUT2D eigenvalue weighted by atomic mass is 10.4. The zero-order valence-electron chi connectivity index (χ0n) is 6.97. The number of hydrogen-bond acceptors (Lipinski definition) is 2. The van der Waals surface area contributed by atoms with Crippen molar-refractivity contribution in [2.75, 3.05) is 19.6 Å². The number of alkyl halides is 3. The van der Waals surface area contributed by atoms with Crippen LogP contribution in [-0.4, -0.2) is 36.7 Å². The Morgan fingerprint density at radius 3 is 2.15 bits per heavy atom. The monoisotopic (exact) mass is 199 g/mol. The van der Waals surface area contributed by atoms with Crippen molar-refractivity contribution in [3.05, 3.63) is 0 Å².